The summed E-state index contributed by atoms with van der Waals surface area (Å²) in [6.07, 6.45) is 1.20. The van der Waals surface area contributed by atoms with Crippen molar-refractivity contribution in [1.29, 1.82) is 0 Å². The summed E-state index contributed by atoms with van der Waals surface area (Å²) >= 11 is 0. The average Bonchev–Trinajstić information content (AvgIpc) is 3.28. The van der Waals surface area contributed by atoms with Gasteiger partial charge in [-0.05, 0) is 47.7 Å². The molecule has 1 N–H and O–H groups in total. The molecule has 0 bridgehead atoms. The molecule has 32 heavy (non-hydrogen) atoms. The standard InChI is InChI=1S/C27H28N2O3/c1-28-26(31)27(18-20-8-6-11-22(16-20)21-9-4-3-5-10-21)14-15-29(19-27)25(30)23-12-7-13-24(17-23)32-2/h3-13,16-17H,14-15,18-19H2,1-2H3,(H,28,31). The summed E-state index contributed by atoms with van der Waals surface area (Å²) < 4.78 is 5.26. The van der Waals surface area contributed by atoms with Crippen molar-refractivity contribution in [3.63, 3.8) is 0 Å². The van der Waals surface area contributed by atoms with Crippen molar-refractivity contribution in [1.82, 2.24) is 10.2 Å². The van der Waals surface area contributed by atoms with Crippen LogP contribution in [0.3, 0.4) is 0 Å². The molecule has 2 amide bonds. The lowest BCUT2D eigenvalue weighted by atomic mass is 9.79. The second-order valence-corrected chi connectivity index (χ2v) is 8.31. The van der Waals surface area contributed by atoms with Crippen LogP contribution < -0.4 is 10.1 Å². The first-order chi connectivity index (χ1) is 15.5. The van der Waals surface area contributed by atoms with Crippen LogP contribution in [0.15, 0.2) is 78.9 Å². The van der Waals surface area contributed by atoms with Gasteiger partial charge in [0.25, 0.3) is 5.91 Å². The third-order valence-corrected chi connectivity index (χ3v) is 6.24. The van der Waals surface area contributed by atoms with E-state index in [0.717, 1.165) is 16.7 Å². The van der Waals surface area contributed by atoms with E-state index in [0.29, 0.717) is 37.2 Å². The lowest BCUT2D eigenvalue weighted by Crippen LogP contribution is -2.44. The van der Waals surface area contributed by atoms with Gasteiger partial charge >= 0.3 is 0 Å². The van der Waals surface area contributed by atoms with Crippen LogP contribution in [0.1, 0.15) is 22.3 Å². The minimum Gasteiger partial charge on any atom is -0.497 e. The summed E-state index contributed by atoms with van der Waals surface area (Å²) in [6, 6.07) is 25.7. The van der Waals surface area contributed by atoms with Gasteiger partial charge in [0.15, 0.2) is 0 Å². The first kappa shape index (κ1) is 21.6. The minimum atomic E-state index is -0.654. The molecule has 0 saturated carbocycles. The Morgan fingerprint density at radius 3 is 2.47 bits per heavy atom. The first-order valence-electron chi connectivity index (χ1n) is 10.8. The second kappa shape index (κ2) is 9.27. The normalized spacial score (nSPS) is 17.8. The first-order valence-corrected chi connectivity index (χ1v) is 10.8. The Hall–Kier alpha value is -3.60. The summed E-state index contributed by atoms with van der Waals surface area (Å²) in [6.45, 7) is 0.931. The van der Waals surface area contributed by atoms with Gasteiger partial charge in [0.05, 0.1) is 12.5 Å². The Balaban J connectivity index is 1.58. The summed E-state index contributed by atoms with van der Waals surface area (Å²) in [4.78, 5) is 28.0. The van der Waals surface area contributed by atoms with E-state index in [9.17, 15) is 9.59 Å². The number of nitrogens with zero attached hydrogens (tertiary/aromatic N) is 1. The molecule has 0 radical (unpaired) electrons. The van der Waals surface area contributed by atoms with E-state index in [1.54, 1.807) is 31.2 Å². The van der Waals surface area contributed by atoms with Gasteiger partial charge in [-0.1, -0.05) is 60.7 Å². The Bertz CT molecular complexity index is 1110. The summed E-state index contributed by atoms with van der Waals surface area (Å²) in [7, 11) is 3.25. The predicted molar refractivity (Wildman–Crippen MR) is 126 cm³/mol. The van der Waals surface area contributed by atoms with Crippen LogP contribution in [-0.4, -0.2) is 44.0 Å². The highest BCUT2D eigenvalue weighted by atomic mass is 16.5. The van der Waals surface area contributed by atoms with Crippen LogP contribution in [0.2, 0.25) is 0 Å². The zero-order valence-electron chi connectivity index (χ0n) is 18.5. The Kier molecular flexibility index (Phi) is 6.26. The van der Waals surface area contributed by atoms with Crippen LogP contribution >= 0.6 is 0 Å². The smallest absolute Gasteiger partial charge is 0.254 e. The lowest BCUT2D eigenvalue weighted by molar-refractivity contribution is -0.129. The number of methoxy groups -OCH3 is 1. The average molecular weight is 429 g/mol. The van der Waals surface area contributed by atoms with Crippen molar-refractivity contribution < 1.29 is 14.3 Å². The molecule has 1 atom stereocenters. The maximum absolute atomic E-state index is 13.1. The number of nitrogens with one attached hydrogen (secondary N) is 1. The van der Waals surface area contributed by atoms with E-state index < -0.39 is 5.41 Å². The van der Waals surface area contributed by atoms with Crippen molar-refractivity contribution in [2.24, 2.45) is 5.41 Å². The van der Waals surface area contributed by atoms with Crippen LogP contribution in [0.4, 0.5) is 0 Å². The summed E-state index contributed by atoms with van der Waals surface area (Å²) in [5.41, 5.74) is 3.27. The van der Waals surface area contributed by atoms with E-state index >= 15 is 0 Å². The fourth-order valence-corrected chi connectivity index (χ4v) is 4.54. The van der Waals surface area contributed by atoms with Crippen molar-refractivity contribution >= 4 is 11.8 Å². The molecular weight excluding hydrogens is 400 g/mol. The SMILES string of the molecule is CNC(=O)C1(Cc2cccc(-c3ccccc3)c2)CCN(C(=O)c2cccc(OC)c2)C1. The number of likely N-dealkylation sites (tertiary alicyclic amines) is 1. The number of benzene rings is 3. The molecule has 5 heteroatoms. The number of ether oxygens (including phenoxy) is 1. The predicted octanol–water partition coefficient (Wildman–Crippen LogP) is 4.18. The maximum atomic E-state index is 13.1. The molecule has 0 spiro atoms. The van der Waals surface area contributed by atoms with E-state index in [2.05, 4.69) is 35.6 Å². The third-order valence-electron chi connectivity index (χ3n) is 6.24. The topological polar surface area (TPSA) is 58.6 Å². The number of hydrogen-bond donors (Lipinski definition) is 1. The molecule has 1 saturated heterocycles. The molecule has 5 nitrogen and oxygen atoms in total. The fraction of sp³-hybridized carbons (Fsp3) is 0.259. The Labute approximate surface area is 189 Å². The molecule has 0 aliphatic carbocycles. The van der Waals surface area contributed by atoms with Crippen molar-refractivity contribution in [2.75, 3.05) is 27.2 Å². The third kappa shape index (κ3) is 4.37. The van der Waals surface area contributed by atoms with Crippen LogP contribution in [0.5, 0.6) is 5.75 Å². The molecule has 1 aliphatic heterocycles. The van der Waals surface area contributed by atoms with E-state index in [4.69, 9.17) is 4.74 Å². The zero-order valence-corrected chi connectivity index (χ0v) is 18.5. The number of hydrogen-bond acceptors (Lipinski definition) is 3. The van der Waals surface area contributed by atoms with Gasteiger partial charge in [0, 0.05) is 25.7 Å². The summed E-state index contributed by atoms with van der Waals surface area (Å²) in [5, 5.41) is 2.83. The highest BCUT2D eigenvalue weighted by molar-refractivity contribution is 5.96. The fourth-order valence-electron chi connectivity index (χ4n) is 4.54. The largest absolute Gasteiger partial charge is 0.497 e. The van der Waals surface area contributed by atoms with Crippen molar-refractivity contribution in [2.45, 2.75) is 12.8 Å². The molecular formula is C27H28N2O3. The minimum absolute atomic E-state index is 0.0245. The van der Waals surface area contributed by atoms with E-state index in [1.807, 2.05) is 36.4 Å². The van der Waals surface area contributed by atoms with Gasteiger partial charge in [-0.15, -0.1) is 0 Å². The van der Waals surface area contributed by atoms with Crippen LogP contribution in [0, 0.1) is 5.41 Å². The van der Waals surface area contributed by atoms with Crippen molar-refractivity contribution in [3.8, 4) is 16.9 Å². The lowest BCUT2D eigenvalue weighted by Gasteiger charge is -2.28. The van der Waals surface area contributed by atoms with Crippen LogP contribution in [0.25, 0.3) is 11.1 Å². The van der Waals surface area contributed by atoms with Gasteiger partial charge in [-0.3, -0.25) is 9.59 Å². The van der Waals surface area contributed by atoms with Crippen molar-refractivity contribution in [3.05, 3.63) is 90.0 Å². The quantitative estimate of drug-likeness (QED) is 0.641. The van der Waals surface area contributed by atoms with E-state index in [1.165, 1.54) is 0 Å². The molecule has 164 valence electrons. The Morgan fingerprint density at radius 1 is 0.969 bits per heavy atom. The number of carbonyl (C=O) groups excluding carboxylic acids is 2. The van der Waals surface area contributed by atoms with Gasteiger partial charge in [0.2, 0.25) is 5.91 Å². The highest BCUT2D eigenvalue weighted by Gasteiger charge is 2.45. The zero-order chi connectivity index (χ0) is 22.6. The summed E-state index contributed by atoms with van der Waals surface area (Å²) in [5.74, 6) is 0.543. The number of rotatable bonds is 6. The molecule has 1 fully saturated rings. The molecule has 3 aromatic carbocycles. The van der Waals surface area contributed by atoms with Gasteiger partial charge in [-0.2, -0.15) is 0 Å². The molecule has 0 aromatic heterocycles. The Morgan fingerprint density at radius 2 is 1.72 bits per heavy atom. The monoisotopic (exact) mass is 428 g/mol. The second-order valence-electron chi connectivity index (χ2n) is 8.31. The molecule has 1 aliphatic rings. The highest BCUT2D eigenvalue weighted by Crippen LogP contribution is 2.36. The van der Waals surface area contributed by atoms with E-state index in [-0.39, 0.29) is 11.8 Å². The van der Waals surface area contributed by atoms with Gasteiger partial charge < -0.3 is 15.0 Å². The van der Waals surface area contributed by atoms with Crippen LogP contribution in [-0.2, 0) is 11.2 Å². The number of amides is 2. The molecule has 1 unspecified atom stereocenters. The van der Waals surface area contributed by atoms with Gasteiger partial charge in [0.1, 0.15) is 5.75 Å². The molecule has 4 rings (SSSR count). The maximum Gasteiger partial charge on any atom is 0.254 e. The number of carbonyl (C=O) groups is 2. The molecule has 1 heterocycles. The molecule has 3 aromatic rings. The van der Waals surface area contributed by atoms with Gasteiger partial charge in [-0.25, -0.2) is 0 Å².